The molecule has 0 bridgehead atoms. The fraction of sp³-hybridized carbons (Fsp3) is 0.481. The van der Waals surface area contributed by atoms with E-state index >= 15 is 0 Å². The number of carbonyl (C=O) groups excluding carboxylic acids is 2. The van der Waals surface area contributed by atoms with Crippen LogP contribution in [-0.2, 0) is 16.1 Å². The van der Waals surface area contributed by atoms with Gasteiger partial charge in [-0.25, -0.2) is 13.6 Å². The number of aliphatic hydroxyl groups is 1. The predicted molar refractivity (Wildman–Crippen MR) is 131 cm³/mol. The van der Waals surface area contributed by atoms with E-state index in [1.807, 2.05) is 6.07 Å². The maximum atomic E-state index is 13.9. The normalized spacial score (nSPS) is 24.6. The molecular weight excluding hydrogens is 484 g/mol. The highest BCUT2D eigenvalue weighted by molar-refractivity contribution is 5.89. The third kappa shape index (κ3) is 5.86. The van der Waals surface area contributed by atoms with E-state index in [4.69, 9.17) is 9.47 Å². The van der Waals surface area contributed by atoms with E-state index in [9.17, 15) is 23.5 Å². The van der Waals surface area contributed by atoms with Crippen LogP contribution in [0.15, 0.2) is 36.4 Å². The second-order valence-electron chi connectivity index (χ2n) is 9.95. The van der Waals surface area contributed by atoms with Crippen LogP contribution >= 0.6 is 0 Å². The lowest BCUT2D eigenvalue weighted by Gasteiger charge is -2.37. The predicted octanol–water partition coefficient (Wildman–Crippen LogP) is 3.73. The van der Waals surface area contributed by atoms with Gasteiger partial charge in [0.2, 0.25) is 5.91 Å². The molecule has 4 N–H and O–H groups in total. The molecule has 10 heteroatoms. The summed E-state index contributed by atoms with van der Waals surface area (Å²) >= 11 is 0. The van der Waals surface area contributed by atoms with Gasteiger partial charge in [-0.15, -0.1) is 0 Å². The number of ether oxygens (including phenoxy) is 2. The van der Waals surface area contributed by atoms with E-state index in [-0.39, 0.29) is 49.0 Å². The van der Waals surface area contributed by atoms with Crippen LogP contribution in [0.25, 0.3) is 0 Å². The monoisotopic (exact) mass is 515 g/mol. The Morgan fingerprint density at radius 3 is 2.68 bits per heavy atom. The number of halogens is 2. The number of hydrogen-bond donors (Lipinski definition) is 4. The summed E-state index contributed by atoms with van der Waals surface area (Å²) in [4.78, 5) is 25.0. The molecule has 37 heavy (non-hydrogen) atoms. The number of rotatable bonds is 7. The Morgan fingerprint density at radius 2 is 1.89 bits per heavy atom. The molecule has 2 fully saturated rings. The lowest BCUT2D eigenvalue weighted by Crippen LogP contribution is -2.47. The Morgan fingerprint density at radius 1 is 1.08 bits per heavy atom. The second-order valence-corrected chi connectivity index (χ2v) is 9.95. The van der Waals surface area contributed by atoms with Gasteiger partial charge in [-0.1, -0.05) is 12.8 Å². The Kier molecular flexibility index (Phi) is 7.57. The average molecular weight is 516 g/mol. The number of urea groups is 1. The molecule has 3 amide bonds. The molecule has 1 saturated carbocycles. The van der Waals surface area contributed by atoms with Crippen molar-refractivity contribution in [3.63, 3.8) is 0 Å². The van der Waals surface area contributed by atoms with Crippen molar-refractivity contribution in [3.8, 4) is 5.75 Å². The zero-order valence-corrected chi connectivity index (χ0v) is 20.3. The Balaban J connectivity index is 1.22. The summed E-state index contributed by atoms with van der Waals surface area (Å²) in [5, 5.41) is 18.5. The van der Waals surface area contributed by atoms with Crippen molar-refractivity contribution < 1.29 is 33.0 Å². The maximum absolute atomic E-state index is 13.9. The number of carbonyl (C=O) groups is 2. The molecule has 2 aromatic rings. The van der Waals surface area contributed by atoms with Crippen LogP contribution in [0.3, 0.4) is 0 Å². The van der Waals surface area contributed by atoms with E-state index in [1.54, 1.807) is 12.1 Å². The summed E-state index contributed by atoms with van der Waals surface area (Å²) < 4.78 is 39.3. The van der Waals surface area contributed by atoms with Crippen LogP contribution in [-0.4, -0.2) is 48.0 Å². The fourth-order valence-corrected chi connectivity index (χ4v) is 5.54. The molecule has 3 aliphatic rings. The lowest BCUT2D eigenvalue weighted by molar-refractivity contribution is -0.142. The van der Waals surface area contributed by atoms with Gasteiger partial charge >= 0.3 is 6.03 Å². The van der Waals surface area contributed by atoms with E-state index in [0.29, 0.717) is 17.9 Å². The van der Waals surface area contributed by atoms with Gasteiger partial charge in [-0.2, -0.15) is 0 Å². The minimum absolute atomic E-state index is 0.00623. The molecule has 8 nitrogen and oxygen atoms in total. The van der Waals surface area contributed by atoms with Crippen molar-refractivity contribution in [2.75, 3.05) is 11.9 Å². The van der Waals surface area contributed by atoms with Crippen molar-refractivity contribution in [2.45, 2.75) is 75.3 Å². The highest BCUT2D eigenvalue weighted by Gasteiger charge is 2.46. The number of hydrogen-bond acceptors (Lipinski definition) is 5. The molecule has 0 unspecified atom stereocenters. The van der Waals surface area contributed by atoms with Gasteiger partial charge in [0.25, 0.3) is 0 Å². The molecule has 1 aliphatic carbocycles. The Labute approximate surface area is 213 Å². The first-order chi connectivity index (χ1) is 17.9. The minimum atomic E-state index is -0.633. The summed E-state index contributed by atoms with van der Waals surface area (Å²) in [6.45, 7) is -0.425. The van der Waals surface area contributed by atoms with Gasteiger partial charge in [-0.05, 0) is 55.7 Å². The average Bonchev–Trinajstić information content (AvgIpc) is 3.51. The molecule has 0 spiro atoms. The van der Waals surface area contributed by atoms with Gasteiger partial charge in [0.1, 0.15) is 29.6 Å². The highest BCUT2D eigenvalue weighted by atomic mass is 19.1. The van der Waals surface area contributed by atoms with Crippen molar-refractivity contribution in [3.05, 3.63) is 59.2 Å². The number of amides is 3. The third-order valence-corrected chi connectivity index (χ3v) is 7.34. The quantitative estimate of drug-likeness (QED) is 0.450. The van der Waals surface area contributed by atoms with E-state index < -0.39 is 29.9 Å². The molecule has 0 aromatic heterocycles. The zero-order valence-electron chi connectivity index (χ0n) is 20.3. The molecular formula is C27H31F2N3O5. The van der Waals surface area contributed by atoms with Gasteiger partial charge in [0, 0.05) is 35.3 Å². The number of benzene rings is 2. The summed E-state index contributed by atoms with van der Waals surface area (Å²) in [6.07, 6.45) is 3.13. The number of anilines is 1. The largest absolute Gasteiger partial charge is 0.487 e. The van der Waals surface area contributed by atoms with Crippen molar-refractivity contribution in [1.82, 2.24) is 10.6 Å². The molecule has 5 rings (SSSR count). The first kappa shape index (κ1) is 25.4. The molecule has 198 valence electrons. The number of nitrogens with one attached hydrogen (secondary N) is 3. The summed E-state index contributed by atoms with van der Waals surface area (Å²) in [5.74, 6) is -1.03. The molecule has 4 atom stereocenters. The van der Waals surface area contributed by atoms with Gasteiger partial charge in [-0.3, -0.25) is 4.79 Å². The fourth-order valence-electron chi connectivity index (χ4n) is 5.54. The maximum Gasteiger partial charge on any atom is 0.319 e. The summed E-state index contributed by atoms with van der Waals surface area (Å²) in [7, 11) is 0. The van der Waals surface area contributed by atoms with Crippen molar-refractivity contribution >= 4 is 17.6 Å². The van der Waals surface area contributed by atoms with Crippen molar-refractivity contribution in [2.24, 2.45) is 0 Å². The summed E-state index contributed by atoms with van der Waals surface area (Å²) in [5.41, 5.74) is 1.58. The van der Waals surface area contributed by atoms with Crippen LogP contribution in [0.2, 0.25) is 0 Å². The van der Waals surface area contributed by atoms with E-state index in [0.717, 1.165) is 49.4 Å². The second kappa shape index (κ2) is 11.0. The smallest absolute Gasteiger partial charge is 0.319 e. The van der Waals surface area contributed by atoms with Gasteiger partial charge < -0.3 is 30.5 Å². The molecule has 0 radical (unpaired) electrons. The number of aliphatic hydroxyl groups excluding tert-OH is 1. The SMILES string of the molecule is O=C(C[C@H]1C[C@@H]2c3cc(NC(=O)NC4CCCC4)ccc3O[C@@H]2[C@@H](CO)O1)NCc1cc(F)ccc1F. The van der Waals surface area contributed by atoms with E-state index in [2.05, 4.69) is 16.0 Å². The summed E-state index contributed by atoms with van der Waals surface area (Å²) in [6, 6.07) is 8.49. The van der Waals surface area contributed by atoms with Crippen molar-refractivity contribution in [1.29, 1.82) is 0 Å². The topological polar surface area (TPSA) is 109 Å². The Bertz CT molecular complexity index is 1160. The third-order valence-electron chi connectivity index (χ3n) is 7.34. The highest BCUT2D eigenvalue weighted by Crippen LogP contribution is 2.47. The van der Waals surface area contributed by atoms with Crippen LogP contribution in [0, 0.1) is 11.6 Å². The molecule has 2 aliphatic heterocycles. The van der Waals surface area contributed by atoms with Gasteiger partial charge in [0.05, 0.1) is 19.1 Å². The lowest BCUT2D eigenvalue weighted by atomic mass is 9.84. The van der Waals surface area contributed by atoms with Gasteiger partial charge in [0.15, 0.2) is 0 Å². The van der Waals surface area contributed by atoms with Crippen LogP contribution < -0.4 is 20.7 Å². The zero-order chi connectivity index (χ0) is 25.9. The number of fused-ring (bicyclic) bond motifs is 3. The Hall–Kier alpha value is -3.24. The van der Waals surface area contributed by atoms with Crippen LogP contribution in [0.5, 0.6) is 5.75 Å². The standard InChI is InChI=1S/C27H31F2N3O5/c28-16-5-7-22(29)15(9-16)13-30-25(34)12-19-11-21-20-10-18(32-27(35)31-17-3-1-2-4-17)6-8-23(20)37-26(21)24(14-33)36-19/h5-10,17,19,21,24,26,33H,1-4,11-14H2,(H,30,34)(H2,31,32,35)/t19-,21-,24-,26+/m1/s1. The van der Waals surface area contributed by atoms with Crippen LogP contribution in [0.4, 0.5) is 19.3 Å². The first-order valence-corrected chi connectivity index (χ1v) is 12.7. The molecule has 2 heterocycles. The minimum Gasteiger partial charge on any atom is -0.487 e. The van der Waals surface area contributed by atoms with E-state index in [1.165, 1.54) is 0 Å². The molecule has 1 saturated heterocycles. The van der Waals surface area contributed by atoms with Crippen LogP contribution in [0.1, 0.15) is 55.6 Å². The first-order valence-electron chi connectivity index (χ1n) is 12.7. The molecule has 2 aromatic carbocycles.